The summed E-state index contributed by atoms with van der Waals surface area (Å²) in [5.41, 5.74) is 3.74. The molecule has 1 aliphatic heterocycles. The summed E-state index contributed by atoms with van der Waals surface area (Å²) in [5, 5.41) is 12.6. The number of carbonyl (C=O) groups is 1. The molecular formula is C21H20N2O4. The van der Waals surface area contributed by atoms with Crippen molar-refractivity contribution in [2.24, 2.45) is 0 Å². The van der Waals surface area contributed by atoms with Gasteiger partial charge in [0.05, 0.1) is 5.56 Å². The summed E-state index contributed by atoms with van der Waals surface area (Å²) in [6.07, 6.45) is 4.16. The van der Waals surface area contributed by atoms with Gasteiger partial charge in [0, 0.05) is 23.6 Å². The molecule has 0 unspecified atom stereocenters. The van der Waals surface area contributed by atoms with E-state index in [2.05, 4.69) is 10.3 Å². The first kappa shape index (κ1) is 17.0. The Morgan fingerprint density at radius 3 is 2.74 bits per heavy atom. The van der Waals surface area contributed by atoms with Crippen molar-refractivity contribution in [1.82, 2.24) is 4.98 Å². The van der Waals surface area contributed by atoms with Crippen molar-refractivity contribution in [2.75, 3.05) is 18.5 Å². The third-order valence-electron chi connectivity index (χ3n) is 4.56. The van der Waals surface area contributed by atoms with Crippen LogP contribution in [-0.2, 0) is 6.42 Å². The summed E-state index contributed by atoms with van der Waals surface area (Å²) in [6, 6.07) is 10.6. The molecule has 1 aromatic heterocycles. The maximum absolute atomic E-state index is 12.9. The largest absolute Gasteiger partial charge is 0.508 e. The molecule has 3 aromatic rings. The molecule has 0 fully saturated rings. The van der Waals surface area contributed by atoms with E-state index in [1.165, 1.54) is 0 Å². The summed E-state index contributed by atoms with van der Waals surface area (Å²) in [6.45, 7) is 3.02. The highest BCUT2D eigenvalue weighted by atomic mass is 16.6. The lowest BCUT2D eigenvalue weighted by Gasteiger charge is -2.19. The lowest BCUT2D eigenvalue weighted by molar-refractivity contribution is 0.102. The maximum atomic E-state index is 12.9. The molecule has 6 heteroatoms. The van der Waals surface area contributed by atoms with Crippen molar-refractivity contribution < 1.29 is 19.4 Å². The van der Waals surface area contributed by atoms with E-state index in [-0.39, 0.29) is 11.7 Å². The molecule has 0 aliphatic carbocycles. The van der Waals surface area contributed by atoms with Crippen LogP contribution in [0.4, 0.5) is 5.69 Å². The summed E-state index contributed by atoms with van der Waals surface area (Å²) >= 11 is 0. The van der Waals surface area contributed by atoms with E-state index in [1.54, 1.807) is 30.6 Å². The quantitative estimate of drug-likeness (QED) is 0.612. The van der Waals surface area contributed by atoms with Crippen molar-refractivity contribution in [2.45, 2.75) is 13.3 Å². The number of hydrogen-bond donors (Lipinski definition) is 3. The fourth-order valence-electron chi connectivity index (χ4n) is 3.19. The second kappa shape index (κ2) is 7.07. The van der Waals surface area contributed by atoms with Crippen LogP contribution in [0.1, 0.15) is 22.8 Å². The van der Waals surface area contributed by atoms with Crippen LogP contribution in [0.3, 0.4) is 0 Å². The number of phenols is 1. The lowest BCUT2D eigenvalue weighted by Crippen LogP contribution is -2.15. The van der Waals surface area contributed by atoms with Crippen molar-refractivity contribution in [3.8, 4) is 28.4 Å². The van der Waals surface area contributed by atoms with Crippen LogP contribution in [-0.4, -0.2) is 29.2 Å². The van der Waals surface area contributed by atoms with E-state index >= 15 is 0 Å². The van der Waals surface area contributed by atoms with Gasteiger partial charge in [-0.25, -0.2) is 0 Å². The van der Waals surface area contributed by atoms with Crippen molar-refractivity contribution in [3.05, 3.63) is 59.9 Å². The number of fused-ring (bicyclic) bond motifs is 1. The Kier molecular flexibility index (Phi) is 4.46. The zero-order chi connectivity index (χ0) is 18.8. The first-order valence-corrected chi connectivity index (χ1v) is 8.85. The first-order chi connectivity index (χ1) is 13.2. The van der Waals surface area contributed by atoms with Crippen LogP contribution in [0.5, 0.6) is 17.2 Å². The molecule has 3 N–H and O–H groups in total. The average Bonchev–Trinajstić information content (AvgIpc) is 3.19. The summed E-state index contributed by atoms with van der Waals surface area (Å²) < 4.78 is 11.2. The summed E-state index contributed by atoms with van der Waals surface area (Å²) in [5.74, 6) is 1.35. The number of aromatic nitrogens is 1. The van der Waals surface area contributed by atoms with Crippen LogP contribution >= 0.6 is 0 Å². The molecule has 2 heterocycles. The summed E-state index contributed by atoms with van der Waals surface area (Å²) in [4.78, 5) is 15.9. The molecule has 2 aromatic carbocycles. The number of carbonyl (C=O) groups excluding carboxylic acids is 1. The third-order valence-corrected chi connectivity index (χ3v) is 4.56. The number of benzene rings is 2. The molecule has 0 spiro atoms. The minimum absolute atomic E-state index is 0.184. The molecule has 27 heavy (non-hydrogen) atoms. The Morgan fingerprint density at radius 2 is 1.93 bits per heavy atom. The number of rotatable bonds is 4. The highest BCUT2D eigenvalue weighted by Gasteiger charge is 2.18. The van der Waals surface area contributed by atoms with Crippen LogP contribution in [0.2, 0.25) is 0 Å². The number of amides is 1. The number of phenolic OH excluding ortho intramolecular Hbond substituents is 1. The van der Waals surface area contributed by atoms with Gasteiger partial charge in [-0.15, -0.1) is 0 Å². The number of nitrogens with one attached hydrogen (secondary N) is 2. The normalized spacial score (nSPS) is 12.6. The van der Waals surface area contributed by atoms with Crippen LogP contribution in [0, 0.1) is 0 Å². The lowest BCUT2D eigenvalue weighted by atomic mass is 10.0. The number of aryl methyl sites for hydroxylation is 1. The molecule has 1 amide bonds. The third kappa shape index (κ3) is 3.33. The number of ether oxygens (including phenoxy) is 2. The topological polar surface area (TPSA) is 83.6 Å². The molecule has 138 valence electrons. The van der Waals surface area contributed by atoms with Gasteiger partial charge in [0.2, 0.25) is 0 Å². The SMILES string of the molecule is CCc1cc(O)ccc1NC(=O)c1c[nH]cc1-c1ccc2c(c1)OCCO2. The van der Waals surface area contributed by atoms with Gasteiger partial charge in [0.15, 0.2) is 11.5 Å². The van der Waals surface area contributed by atoms with Gasteiger partial charge in [-0.3, -0.25) is 4.79 Å². The van der Waals surface area contributed by atoms with E-state index in [9.17, 15) is 9.90 Å². The van der Waals surface area contributed by atoms with Crippen molar-refractivity contribution in [1.29, 1.82) is 0 Å². The molecule has 0 saturated heterocycles. The first-order valence-electron chi connectivity index (χ1n) is 8.85. The van der Waals surface area contributed by atoms with Gasteiger partial charge in [0.25, 0.3) is 5.91 Å². The zero-order valence-electron chi connectivity index (χ0n) is 14.9. The number of aromatic hydroxyl groups is 1. The Labute approximate surface area is 156 Å². The van der Waals surface area contributed by atoms with Gasteiger partial charge in [-0.05, 0) is 47.9 Å². The highest BCUT2D eigenvalue weighted by molar-refractivity contribution is 6.09. The minimum atomic E-state index is -0.221. The zero-order valence-corrected chi connectivity index (χ0v) is 14.9. The molecule has 0 atom stereocenters. The standard InChI is InChI=1S/C21H20N2O4/c1-2-13-9-15(24)4-5-18(13)23-21(25)17-12-22-11-16(17)14-3-6-19-20(10-14)27-8-7-26-19/h3-6,9-12,22,24H,2,7-8H2,1H3,(H,23,25). The number of hydrogen-bond acceptors (Lipinski definition) is 4. The summed E-state index contributed by atoms with van der Waals surface area (Å²) in [7, 11) is 0. The van der Waals surface area contributed by atoms with E-state index in [4.69, 9.17) is 9.47 Å². The van der Waals surface area contributed by atoms with Crippen molar-refractivity contribution >= 4 is 11.6 Å². The molecule has 0 bridgehead atoms. The molecule has 4 rings (SSSR count). The Bertz CT molecular complexity index is 994. The fraction of sp³-hybridized carbons (Fsp3) is 0.190. The monoisotopic (exact) mass is 364 g/mol. The minimum Gasteiger partial charge on any atom is -0.508 e. The van der Waals surface area contributed by atoms with Gasteiger partial charge in [-0.2, -0.15) is 0 Å². The van der Waals surface area contributed by atoms with Crippen molar-refractivity contribution in [3.63, 3.8) is 0 Å². The van der Waals surface area contributed by atoms with Gasteiger partial charge in [-0.1, -0.05) is 13.0 Å². The van der Waals surface area contributed by atoms with E-state index < -0.39 is 0 Å². The van der Waals surface area contributed by atoms with E-state index in [1.807, 2.05) is 25.1 Å². The van der Waals surface area contributed by atoms with E-state index in [0.717, 1.165) is 16.7 Å². The van der Waals surface area contributed by atoms with E-state index in [0.29, 0.717) is 42.4 Å². The van der Waals surface area contributed by atoms with Gasteiger partial charge < -0.3 is 24.9 Å². The van der Waals surface area contributed by atoms with Gasteiger partial charge in [0.1, 0.15) is 19.0 Å². The molecular weight excluding hydrogens is 344 g/mol. The number of H-pyrrole nitrogens is 1. The molecule has 0 saturated carbocycles. The Morgan fingerprint density at radius 1 is 1.11 bits per heavy atom. The number of anilines is 1. The predicted octanol–water partition coefficient (Wildman–Crippen LogP) is 3.97. The second-order valence-electron chi connectivity index (χ2n) is 6.29. The van der Waals surface area contributed by atoms with Gasteiger partial charge >= 0.3 is 0 Å². The fourth-order valence-corrected chi connectivity index (χ4v) is 3.19. The average molecular weight is 364 g/mol. The van der Waals surface area contributed by atoms with Crippen LogP contribution in [0.25, 0.3) is 11.1 Å². The van der Waals surface area contributed by atoms with Crippen LogP contribution in [0.15, 0.2) is 48.8 Å². The number of aromatic amines is 1. The highest BCUT2D eigenvalue weighted by Crippen LogP contribution is 2.35. The smallest absolute Gasteiger partial charge is 0.257 e. The molecule has 6 nitrogen and oxygen atoms in total. The Balaban J connectivity index is 1.63. The Hall–Kier alpha value is -3.41. The second-order valence-corrected chi connectivity index (χ2v) is 6.29. The maximum Gasteiger partial charge on any atom is 0.257 e. The molecule has 1 aliphatic rings. The predicted molar refractivity (Wildman–Crippen MR) is 103 cm³/mol. The van der Waals surface area contributed by atoms with Crippen LogP contribution < -0.4 is 14.8 Å². The molecule has 0 radical (unpaired) electrons.